The second-order valence-corrected chi connectivity index (χ2v) is 9.24. The van der Waals surface area contributed by atoms with E-state index in [-0.39, 0.29) is 23.9 Å². The van der Waals surface area contributed by atoms with Crippen molar-refractivity contribution in [2.75, 3.05) is 34.9 Å². The fraction of sp³-hybridized carbons (Fsp3) is 0.310. The van der Waals surface area contributed by atoms with Crippen LogP contribution in [0.15, 0.2) is 72.8 Å². The normalized spacial score (nSPS) is 18.8. The summed E-state index contributed by atoms with van der Waals surface area (Å²) in [5, 5.41) is 0. The van der Waals surface area contributed by atoms with E-state index in [1.54, 1.807) is 0 Å². The summed E-state index contributed by atoms with van der Waals surface area (Å²) in [5.41, 5.74) is 4.31. The molecule has 0 saturated carbocycles. The lowest BCUT2D eigenvalue weighted by Crippen LogP contribution is -2.47. The maximum Gasteiger partial charge on any atom is 0.258 e. The van der Waals surface area contributed by atoms with Gasteiger partial charge in [-0.05, 0) is 55.3 Å². The molecule has 0 aliphatic carbocycles. The second kappa shape index (κ2) is 9.45. The lowest BCUT2D eigenvalue weighted by molar-refractivity contribution is -0.118. The lowest BCUT2D eigenvalue weighted by atomic mass is 9.89. The van der Waals surface area contributed by atoms with E-state index in [1.165, 1.54) is 0 Å². The summed E-state index contributed by atoms with van der Waals surface area (Å²) in [6, 6.07) is 23.2. The minimum atomic E-state index is -0.152. The molecular weight excluding hydrogens is 438 g/mol. The molecule has 0 unspecified atom stereocenters. The third-order valence-electron chi connectivity index (χ3n) is 7.00. The predicted molar refractivity (Wildman–Crippen MR) is 139 cm³/mol. The van der Waals surface area contributed by atoms with Gasteiger partial charge in [-0.3, -0.25) is 9.59 Å². The third-order valence-corrected chi connectivity index (χ3v) is 7.00. The summed E-state index contributed by atoms with van der Waals surface area (Å²) in [5.74, 6) is 0.749. The third kappa shape index (κ3) is 4.14. The van der Waals surface area contributed by atoms with Gasteiger partial charge in [-0.15, -0.1) is 0 Å². The van der Waals surface area contributed by atoms with Crippen LogP contribution in [0.1, 0.15) is 48.7 Å². The van der Waals surface area contributed by atoms with Crippen LogP contribution in [0.5, 0.6) is 5.75 Å². The van der Waals surface area contributed by atoms with Crippen LogP contribution >= 0.6 is 0 Å². The highest BCUT2D eigenvalue weighted by molar-refractivity contribution is 6.08. The molecule has 5 rings (SSSR count). The molecule has 0 aromatic heterocycles. The maximum atomic E-state index is 13.9. The lowest BCUT2D eigenvalue weighted by Gasteiger charge is -2.43. The number of rotatable bonds is 4. The summed E-state index contributed by atoms with van der Waals surface area (Å²) in [7, 11) is 2.03. The Bertz CT molecular complexity index is 1240. The van der Waals surface area contributed by atoms with Crippen molar-refractivity contribution in [1.82, 2.24) is 0 Å². The van der Waals surface area contributed by atoms with Crippen LogP contribution in [0, 0.1) is 0 Å². The molecule has 6 heteroatoms. The molecule has 0 saturated heterocycles. The van der Waals surface area contributed by atoms with E-state index in [1.807, 2.05) is 96.6 Å². The molecule has 2 aliphatic heterocycles. The van der Waals surface area contributed by atoms with Crippen molar-refractivity contribution in [2.24, 2.45) is 0 Å². The minimum Gasteiger partial charge on any atom is -0.490 e. The summed E-state index contributed by atoms with van der Waals surface area (Å²) < 4.78 is 5.85. The summed E-state index contributed by atoms with van der Waals surface area (Å²) >= 11 is 0. The second-order valence-electron chi connectivity index (χ2n) is 9.24. The minimum absolute atomic E-state index is 0.0592. The SMILES string of the molecule is CCC(=O)N(c1ccccc1)[C@@H]1C[C@H](C)N(C(=O)c2ccc3c(c2)OCCN3C)c2ccccc21. The Balaban J connectivity index is 1.54. The average Bonchev–Trinajstić information content (AvgIpc) is 2.89. The molecule has 2 atom stereocenters. The molecule has 0 spiro atoms. The number of para-hydroxylation sites is 2. The van der Waals surface area contributed by atoms with Gasteiger partial charge in [0.2, 0.25) is 5.91 Å². The van der Waals surface area contributed by atoms with Crippen LogP contribution in [-0.2, 0) is 4.79 Å². The van der Waals surface area contributed by atoms with Crippen molar-refractivity contribution in [2.45, 2.75) is 38.8 Å². The van der Waals surface area contributed by atoms with Crippen LogP contribution in [0.4, 0.5) is 17.1 Å². The average molecular weight is 470 g/mol. The molecule has 2 heterocycles. The number of benzene rings is 3. The number of ether oxygens (including phenoxy) is 1. The van der Waals surface area contributed by atoms with Gasteiger partial charge in [0.05, 0.1) is 18.3 Å². The molecule has 35 heavy (non-hydrogen) atoms. The van der Waals surface area contributed by atoms with Crippen LogP contribution in [0.3, 0.4) is 0 Å². The Labute approximate surface area is 206 Å². The van der Waals surface area contributed by atoms with E-state index in [0.717, 1.165) is 34.9 Å². The fourth-order valence-electron chi connectivity index (χ4n) is 5.22. The largest absolute Gasteiger partial charge is 0.490 e. The molecule has 3 aromatic carbocycles. The van der Waals surface area contributed by atoms with E-state index in [2.05, 4.69) is 11.8 Å². The smallest absolute Gasteiger partial charge is 0.258 e. The van der Waals surface area contributed by atoms with Crippen LogP contribution < -0.4 is 19.4 Å². The number of carbonyl (C=O) groups excluding carboxylic acids is 2. The quantitative estimate of drug-likeness (QED) is 0.511. The van der Waals surface area contributed by atoms with Crippen molar-refractivity contribution in [3.8, 4) is 5.75 Å². The zero-order chi connectivity index (χ0) is 24.5. The Hall–Kier alpha value is -3.80. The van der Waals surface area contributed by atoms with Crippen LogP contribution in [-0.4, -0.2) is 38.1 Å². The monoisotopic (exact) mass is 469 g/mol. The van der Waals surface area contributed by atoms with E-state index >= 15 is 0 Å². The van der Waals surface area contributed by atoms with Gasteiger partial charge in [0.25, 0.3) is 5.91 Å². The van der Waals surface area contributed by atoms with Gasteiger partial charge >= 0.3 is 0 Å². The van der Waals surface area contributed by atoms with E-state index in [9.17, 15) is 9.59 Å². The highest BCUT2D eigenvalue weighted by Gasteiger charge is 2.38. The first-order chi connectivity index (χ1) is 17.0. The van der Waals surface area contributed by atoms with E-state index in [4.69, 9.17) is 4.74 Å². The Morgan fingerprint density at radius 2 is 1.74 bits per heavy atom. The van der Waals surface area contributed by atoms with Crippen molar-refractivity contribution >= 4 is 28.9 Å². The summed E-state index contributed by atoms with van der Waals surface area (Å²) in [4.78, 5) is 32.9. The van der Waals surface area contributed by atoms with Gasteiger partial charge in [-0.2, -0.15) is 0 Å². The van der Waals surface area contributed by atoms with E-state index < -0.39 is 0 Å². The first-order valence-corrected chi connectivity index (χ1v) is 12.3. The highest BCUT2D eigenvalue weighted by Crippen LogP contribution is 2.43. The van der Waals surface area contributed by atoms with Gasteiger partial charge in [0.15, 0.2) is 0 Å². The maximum absolute atomic E-state index is 13.9. The van der Waals surface area contributed by atoms with Crippen molar-refractivity contribution < 1.29 is 14.3 Å². The molecule has 0 fully saturated rings. The van der Waals surface area contributed by atoms with Crippen LogP contribution in [0.2, 0.25) is 0 Å². The van der Waals surface area contributed by atoms with E-state index in [0.29, 0.717) is 25.0 Å². The fourth-order valence-corrected chi connectivity index (χ4v) is 5.22. The highest BCUT2D eigenvalue weighted by atomic mass is 16.5. The first kappa shape index (κ1) is 23.0. The molecule has 3 aromatic rings. The van der Waals surface area contributed by atoms with Crippen molar-refractivity contribution in [3.05, 3.63) is 83.9 Å². The predicted octanol–water partition coefficient (Wildman–Crippen LogP) is 5.44. The molecule has 0 N–H and O–H groups in total. The summed E-state index contributed by atoms with van der Waals surface area (Å²) in [6.07, 6.45) is 1.06. The number of fused-ring (bicyclic) bond motifs is 2. The van der Waals surface area contributed by atoms with Gasteiger partial charge in [-0.1, -0.05) is 43.3 Å². The number of carbonyl (C=O) groups is 2. The van der Waals surface area contributed by atoms with Gasteiger partial charge < -0.3 is 19.4 Å². The number of hydrogen-bond acceptors (Lipinski definition) is 4. The van der Waals surface area contributed by atoms with Gasteiger partial charge in [0, 0.05) is 36.4 Å². The zero-order valence-electron chi connectivity index (χ0n) is 20.5. The molecule has 2 amide bonds. The number of hydrogen-bond donors (Lipinski definition) is 0. The molecular formula is C29H31N3O3. The number of amides is 2. The number of likely N-dealkylation sites (N-methyl/N-ethyl adjacent to an activating group) is 1. The van der Waals surface area contributed by atoms with Gasteiger partial charge in [0.1, 0.15) is 12.4 Å². The number of anilines is 3. The Kier molecular flexibility index (Phi) is 6.20. The Morgan fingerprint density at radius 3 is 2.51 bits per heavy atom. The topological polar surface area (TPSA) is 53.1 Å². The van der Waals surface area contributed by atoms with Crippen molar-refractivity contribution in [1.29, 1.82) is 0 Å². The zero-order valence-corrected chi connectivity index (χ0v) is 20.5. The molecule has 0 radical (unpaired) electrons. The molecule has 2 aliphatic rings. The van der Waals surface area contributed by atoms with Gasteiger partial charge in [-0.25, -0.2) is 0 Å². The Morgan fingerprint density at radius 1 is 1.00 bits per heavy atom. The molecule has 0 bridgehead atoms. The standard InChI is InChI=1S/C29H31N3O3/c1-4-28(33)32(22-10-6-5-7-11-22)26-18-20(2)31(24-13-9-8-12-23(24)26)29(34)21-14-15-25-27(19-21)35-17-16-30(25)3/h5-15,19-20,26H,4,16-18H2,1-3H3/t20-,26+/m0/s1. The van der Waals surface area contributed by atoms with Crippen molar-refractivity contribution in [3.63, 3.8) is 0 Å². The van der Waals surface area contributed by atoms with Crippen LogP contribution in [0.25, 0.3) is 0 Å². The molecule has 180 valence electrons. The molecule has 6 nitrogen and oxygen atoms in total. The summed E-state index contributed by atoms with van der Waals surface area (Å²) in [6.45, 7) is 5.38. The number of nitrogens with zero attached hydrogens (tertiary/aromatic N) is 3. The first-order valence-electron chi connectivity index (χ1n) is 12.3.